The van der Waals surface area contributed by atoms with Crippen LogP contribution in [0.1, 0.15) is 65.9 Å². The zero-order chi connectivity index (χ0) is 38.5. The first-order valence-corrected chi connectivity index (χ1v) is 19.4. The number of carbonyl (C=O) groups excluding carboxylic acids is 3. The highest BCUT2D eigenvalue weighted by atomic mass is 16.7. The van der Waals surface area contributed by atoms with E-state index in [9.17, 15) is 19.5 Å². The van der Waals surface area contributed by atoms with Crippen molar-refractivity contribution in [2.75, 3.05) is 32.8 Å². The second-order valence-electron chi connectivity index (χ2n) is 14.8. The van der Waals surface area contributed by atoms with Crippen LogP contribution in [0.5, 0.6) is 0 Å². The number of nitrogens with one attached hydrogen (secondary N) is 1. The number of hydrogen-bond donors (Lipinski definition) is 2. The maximum Gasteiger partial charge on any atom is 0.408 e. The fourth-order valence-electron chi connectivity index (χ4n) is 7.98. The predicted molar refractivity (Wildman–Crippen MR) is 204 cm³/mol. The van der Waals surface area contributed by atoms with Crippen LogP contribution >= 0.6 is 0 Å². The molecule has 2 N–H and O–H groups in total. The van der Waals surface area contributed by atoms with Crippen molar-refractivity contribution in [2.24, 2.45) is 0 Å². The van der Waals surface area contributed by atoms with Gasteiger partial charge in [0, 0.05) is 44.5 Å². The summed E-state index contributed by atoms with van der Waals surface area (Å²) in [5, 5.41) is 12.2. The summed E-state index contributed by atoms with van der Waals surface area (Å²) in [5.74, 6) is -1.27. The first kappa shape index (κ1) is 37.9. The third kappa shape index (κ3) is 8.71. The number of aliphatic hydroxyl groups is 1. The molecule has 0 radical (unpaired) electrons. The van der Waals surface area contributed by atoms with Gasteiger partial charge in [-0.05, 0) is 33.4 Å². The van der Waals surface area contributed by atoms with Gasteiger partial charge in [-0.3, -0.25) is 14.5 Å². The zero-order valence-electron chi connectivity index (χ0n) is 31.2. The molecule has 0 aliphatic carbocycles. The van der Waals surface area contributed by atoms with Crippen molar-refractivity contribution >= 4 is 17.9 Å². The highest BCUT2D eigenvalue weighted by Crippen LogP contribution is 2.40. The van der Waals surface area contributed by atoms with Gasteiger partial charge in [-0.25, -0.2) is 4.79 Å². The average molecular weight is 762 g/mol. The molecule has 12 heteroatoms. The minimum Gasteiger partial charge on any atom is -0.445 e. The lowest BCUT2D eigenvalue weighted by Crippen LogP contribution is -2.48. The van der Waals surface area contributed by atoms with Crippen molar-refractivity contribution in [3.8, 4) is 11.1 Å². The lowest BCUT2D eigenvalue weighted by Gasteiger charge is -2.41. The quantitative estimate of drug-likeness (QED) is 0.181. The van der Waals surface area contributed by atoms with E-state index >= 15 is 0 Å². The molecule has 4 fully saturated rings. The van der Waals surface area contributed by atoms with Crippen LogP contribution in [0, 0.1) is 0 Å². The smallest absolute Gasteiger partial charge is 0.408 e. The van der Waals surface area contributed by atoms with Gasteiger partial charge in [0.15, 0.2) is 12.1 Å². The van der Waals surface area contributed by atoms with Gasteiger partial charge in [0.1, 0.15) is 12.6 Å². The molecule has 3 amide bonds. The number of imide groups is 1. The Morgan fingerprint density at radius 2 is 1.52 bits per heavy atom. The fraction of sp³-hybridized carbons (Fsp3) is 0.386. The molecule has 4 atom stereocenters. The Bertz CT molecular complexity index is 1980. The molecular weight excluding hydrogens is 714 g/mol. The number of rotatable bonds is 11. The Labute approximate surface area is 326 Å². The topological polar surface area (TPSA) is 136 Å². The number of nitrogens with zero attached hydrogens (tertiary/aromatic N) is 2. The Kier molecular flexibility index (Phi) is 11.6. The van der Waals surface area contributed by atoms with Gasteiger partial charge in [0.25, 0.3) is 5.91 Å². The molecular formula is C44H47N3O9. The number of piperidine rings is 1. The van der Waals surface area contributed by atoms with Gasteiger partial charge in [0.2, 0.25) is 5.91 Å². The molecule has 4 heterocycles. The molecule has 0 aromatic heterocycles. The van der Waals surface area contributed by atoms with E-state index in [2.05, 4.69) is 10.2 Å². The Morgan fingerprint density at radius 3 is 2.25 bits per heavy atom. The second kappa shape index (κ2) is 17.0. The Balaban J connectivity index is 0.937. The van der Waals surface area contributed by atoms with Crippen LogP contribution in [-0.4, -0.2) is 83.6 Å². The summed E-state index contributed by atoms with van der Waals surface area (Å²) in [5.41, 5.74) is 6.14. The van der Waals surface area contributed by atoms with E-state index in [4.69, 9.17) is 23.7 Å². The molecule has 4 aromatic rings. The van der Waals surface area contributed by atoms with Crippen LogP contribution < -0.4 is 5.32 Å². The van der Waals surface area contributed by atoms with E-state index in [0.717, 1.165) is 71.4 Å². The van der Waals surface area contributed by atoms with Gasteiger partial charge in [-0.1, -0.05) is 103 Å². The fourth-order valence-corrected chi connectivity index (χ4v) is 7.98. The van der Waals surface area contributed by atoms with Crippen molar-refractivity contribution < 1.29 is 43.2 Å². The summed E-state index contributed by atoms with van der Waals surface area (Å²) >= 11 is 0. The van der Waals surface area contributed by atoms with Crippen LogP contribution in [0.2, 0.25) is 0 Å². The number of likely N-dealkylation sites (tertiary alicyclic amines) is 2. The van der Waals surface area contributed by atoms with Gasteiger partial charge < -0.3 is 39.0 Å². The third-order valence-electron chi connectivity index (χ3n) is 11.1. The van der Waals surface area contributed by atoms with E-state index in [-0.39, 0.29) is 44.3 Å². The maximum absolute atomic E-state index is 13.4. The molecule has 1 unspecified atom stereocenters. The van der Waals surface area contributed by atoms with Crippen LogP contribution in [0.15, 0.2) is 103 Å². The minimum atomic E-state index is -0.991. The molecule has 4 aliphatic rings. The predicted octanol–water partition coefficient (Wildman–Crippen LogP) is 5.78. The molecule has 0 bridgehead atoms. The summed E-state index contributed by atoms with van der Waals surface area (Å²) < 4.78 is 30.5. The summed E-state index contributed by atoms with van der Waals surface area (Å²) in [6.45, 7) is 3.89. The molecule has 8 rings (SSSR count). The molecule has 12 nitrogen and oxygen atoms in total. The molecule has 4 aliphatic heterocycles. The lowest BCUT2D eigenvalue weighted by atomic mass is 9.97. The molecule has 1 spiro atoms. The first-order valence-electron chi connectivity index (χ1n) is 19.4. The highest BCUT2D eigenvalue weighted by Gasteiger charge is 2.42. The van der Waals surface area contributed by atoms with Crippen molar-refractivity contribution in [1.29, 1.82) is 0 Å². The third-order valence-corrected chi connectivity index (χ3v) is 11.1. The number of alkyl carbamates (subject to hydrolysis) is 1. The van der Waals surface area contributed by atoms with Gasteiger partial charge in [-0.2, -0.15) is 0 Å². The summed E-state index contributed by atoms with van der Waals surface area (Å²) in [7, 11) is 0. The average Bonchev–Trinajstić information content (AvgIpc) is 3.80. The van der Waals surface area contributed by atoms with Gasteiger partial charge >= 0.3 is 6.09 Å². The minimum absolute atomic E-state index is 0.0199. The first-order chi connectivity index (χ1) is 27.3. The van der Waals surface area contributed by atoms with Crippen LogP contribution in [0.3, 0.4) is 0 Å². The maximum atomic E-state index is 13.4. The SMILES string of the molecule is O=C(NC1CC(=O)N(Cc2ccccc2-c2ccc([C@H]3O[C@@H](CN4CCC5(CC4)OCCO5)C[C@@H](c4ccc(CO)cc4)O3)cc2)C1=O)OCc1ccccc1. The number of carbonyl (C=O) groups is 3. The van der Waals surface area contributed by atoms with E-state index < -0.39 is 30.1 Å². The number of amides is 3. The monoisotopic (exact) mass is 761 g/mol. The van der Waals surface area contributed by atoms with Crippen LogP contribution in [0.25, 0.3) is 11.1 Å². The van der Waals surface area contributed by atoms with E-state index in [1.807, 2.05) is 103 Å². The highest BCUT2D eigenvalue weighted by molar-refractivity contribution is 6.06. The number of benzene rings is 4. The standard InChI is InChI=1S/C44H47N3O9/c48-28-30-10-12-33(13-11-30)39-24-36(27-46-20-18-44(19-21-46)53-22-23-54-44)55-42(56-39)34-16-14-32(15-17-34)37-9-5-4-8-35(37)26-47-40(49)25-38(41(47)50)45-43(51)52-29-31-6-2-1-3-7-31/h1-17,36,38-39,42,48H,18-29H2,(H,45,51)/t36-,38?,39+,42+/m1/s1. The number of ether oxygens (including phenoxy) is 5. The Morgan fingerprint density at radius 1 is 0.821 bits per heavy atom. The molecule has 0 saturated carbocycles. The molecule has 4 aromatic carbocycles. The second-order valence-corrected chi connectivity index (χ2v) is 14.8. The Hall–Kier alpha value is -4.95. The van der Waals surface area contributed by atoms with Crippen molar-refractivity contribution in [1.82, 2.24) is 15.1 Å². The van der Waals surface area contributed by atoms with Gasteiger partial charge in [-0.15, -0.1) is 0 Å². The zero-order valence-corrected chi connectivity index (χ0v) is 31.2. The normalized spacial score (nSPS) is 23.8. The van der Waals surface area contributed by atoms with E-state index in [0.29, 0.717) is 19.6 Å². The van der Waals surface area contributed by atoms with E-state index in [1.54, 1.807) is 0 Å². The summed E-state index contributed by atoms with van der Waals surface area (Å²) in [4.78, 5) is 42.5. The molecule has 4 saturated heterocycles. The molecule has 292 valence electrons. The summed E-state index contributed by atoms with van der Waals surface area (Å²) in [6.07, 6.45) is 0.563. The van der Waals surface area contributed by atoms with Crippen LogP contribution in [-0.2, 0) is 53.0 Å². The van der Waals surface area contributed by atoms with Crippen molar-refractivity contribution in [2.45, 2.75) is 75.8 Å². The number of hydrogen-bond acceptors (Lipinski definition) is 10. The van der Waals surface area contributed by atoms with Crippen molar-refractivity contribution in [3.63, 3.8) is 0 Å². The summed E-state index contributed by atoms with van der Waals surface area (Å²) in [6, 6.07) is 31.8. The van der Waals surface area contributed by atoms with Crippen molar-refractivity contribution in [3.05, 3.63) is 131 Å². The molecule has 56 heavy (non-hydrogen) atoms. The number of aliphatic hydroxyl groups excluding tert-OH is 1. The largest absolute Gasteiger partial charge is 0.445 e. The van der Waals surface area contributed by atoms with Gasteiger partial charge in [0.05, 0.1) is 45.0 Å². The van der Waals surface area contributed by atoms with E-state index in [1.165, 1.54) is 4.90 Å². The van der Waals surface area contributed by atoms with Crippen LogP contribution in [0.4, 0.5) is 4.79 Å². The lowest BCUT2D eigenvalue weighted by molar-refractivity contribution is -0.255.